The predicted molar refractivity (Wildman–Crippen MR) is 72.5 cm³/mol. The number of ether oxygens (including phenoxy) is 2. The summed E-state index contributed by atoms with van der Waals surface area (Å²) in [5.41, 5.74) is 1.73. The first-order chi connectivity index (χ1) is 9.31. The van der Waals surface area contributed by atoms with Gasteiger partial charge in [0.25, 0.3) is 0 Å². The molecule has 1 aromatic carbocycles. The maximum atomic E-state index is 5.36. The summed E-state index contributed by atoms with van der Waals surface area (Å²) in [7, 11) is 3.27. The summed E-state index contributed by atoms with van der Waals surface area (Å²) in [5, 5.41) is 1.97. The summed E-state index contributed by atoms with van der Waals surface area (Å²) in [4.78, 5) is 4.49. The van der Waals surface area contributed by atoms with E-state index in [1.807, 2.05) is 30.3 Å². The van der Waals surface area contributed by atoms with E-state index < -0.39 is 0 Å². The van der Waals surface area contributed by atoms with Crippen LogP contribution in [0.3, 0.4) is 0 Å². The molecule has 3 rings (SSSR count). The molecule has 2 aromatic heterocycles. The molecule has 96 valence electrons. The fraction of sp³-hybridized carbons (Fsp3) is 0.133. The van der Waals surface area contributed by atoms with E-state index in [9.17, 15) is 0 Å². The molecule has 0 atom stereocenters. The van der Waals surface area contributed by atoms with E-state index >= 15 is 0 Å². The molecular weight excluding hydrogens is 242 g/mol. The Morgan fingerprint density at radius 1 is 1.05 bits per heavy atom. The molecule has 0 aliphatic heterocycles. The zero-order chi connectivity index (χ0) is 13.2. The molecule has 0 spiro atoms. The average molecular weight is 255 g/mol. The number of methoxy groups -OCH3 is 2. The monoisotopic (exact) mass is 255 g/mol. The third-order valence-corrected chi connectivity index (χ3v) is 3.01. The van der Waals surface area contributed by atoms with Gasteiger partial charge < -0.3 is 13.9 Å². The number of nitrogens with zero attached hydrogens (tertiary/aromatic N) is 1. The van der Waals surface area contributed by atoms with Crippen molar-refractivity contribution < 1.29 is 13.9 Å². The highest BCUT2D eigenvalue weighted by Crippen LogP contribution is 2.31. The van der Waals surface area contributed by atoms with Gasteiger partial charge in [-0.15, -0.1) is 0 Å². The zero-order valence-electron chi connectivity index (χ0n) is 10.7. The summed E-state index contributed by atoms with van der Waals surface area (Å²) in [6.07, 6.45) is 3.28. The Morgan fingerprint density at radius 2 is 1.95 bits per heavy atom. The number of hydrogen-bond acceptors (Lipinski definition) is 4. The molecule has 0 amide bonds. The van der Waals surface area contributed by atoms with Crippen LogP contribution in [0.4, 0.5) is 0 Å². The van der Waals surface area contributed by atoms with Crippen LogP contribution in [-0.2, 0) is 0 Å². The second-order valence-electron chi connectivity index (χ2n) is 4.12. The minimum Gasteiger partial charge on any atom is -0.497 e. The molecule has 0 aliphatic rings. The normalized spacial score (nSPS) is 10.6. The van der Waals surface area contributed by atoms with Crippen LogP contribution >= 0.6 is 0 Å². The second-order valence-corrected chi connectivity index (χ2v) is 4.12. The average Bonchev–Trinajstić information content (AvgIpc) is 2.99. The molecule has 2 heterocycles. The SMILES string of the molecule is COc1ccc2c(OC)nc(-c3ccoc3)cc2c1. The third-order valence-electron chi connectivity index (χ3n) is 3.01. The van der Waals surface area contributed by atoms with Crippen LogP contribution in [0.5, 0.6) is 11.6 Å². The first kappa shape index (κ1) is 11.6. The zero-order valence-corrected chi connectivity index (χ0v) is 10.7. The Morgan fingerprint density at radius 3 is 2.63 bits per heavy atom. The number of furan rings is 1. The van der Waals surface area contributed by atoms with Crippen molar-refractivity contribution in [2.45, 2.75) is 0 Å². The molecule has 0 fully saturated rings. The number of pyridine rings is 1. The molecule has 4 nitrogen and oxygen atoms in total. The Labute approximate surface area is 110 Å². The van der Waals surface area contributed by atoms with E-state index in [2.05, 4.69) is 4.98 Å². The van der Waals surface area contributed by atoms with Crippen LogP contribution in [0.15, 0.2) is 47.3 Å². The van der Waals surface area contributed by atoms with Gasteiger partial charge in [0.15, 0.2) is 0 Å². The second kappa shape index (κ2) is 4.65. The highest BCUT2D eigenvalue weighted by Gasteiger charge is 2.09. The summed E-state index contributed by atoms with van der Waals surface area (Å²) in [5.74, 6) is 1.40. The van der Waals surface area contributed by atoms with Gasteiger partial charge in [-0.05, 0) is 35.7 Å². The molecule has 3 aromatic rings. The Kier molecular flexibility index (Phi) is 2.83. The van der Waals surface area contributed by atoms with Gasteiger partial charge in [0, 0.05) is 10.9 Å². The fourth-order valence-electron chi connectivity index (χ4n) is 2.04. The van der Waals surface area contributed by atoms with Gasteiger partial charge in [0.05, 0.1) is 32.4 Å². The van der Waals surface area contributed by atoms with Crippen molar-refractivity contribution in [3.63, 3.8) is 0 Å². The summed E-state index contributed by atoms with van der Waals surface area (Å²) < 4.78 is 15.7. The van der Waals surface area contributed by atoms with E-state index in [0.29, 0.717) is 5.88 Å². The van der Waals surface area contributed by atoms with Crippen LogP contribution in [0.25, 0.3) is 22.0 Å². The van der Waals surface area contributed by atoms with Crippen LogP contribution in [0.1, 0.15) is 0 Å². The molecule has 0 radical (unpaired) electrons. The van der Waals surface area contributed by atoms with E-state index in [4.69, 9.17) is 13.9 Å². The number of benzene rings is 1. The molecular formula is C15H13NO3. The van der Waals surface area contributed by atoms with Crippen LogP contribution in [0.2, 0.25) is 0 Å². The van der Waals surface area contributed by atoms with Crippen molar-refractivity contribution in [1.29, 1.82) is 0 Å². The van der Waals surface area contributed by atoms with E-state index in [1.165, 1.54) is 0 Å². The minimum atomic E-state index is 0.594. The number of hydrogen-bond donors (Lipinski definition) is 0. The number of fused-ring (bicyclic) bond motifs is 1. The largest absolute Gasteiger partial charge is 0.497 e. The van der Waals surface area contributed by atoms with Gasteiger partial charge >= 0.3 is 0 Å². The molecule has 0 unspecified atom stereocenters. The maximum absolute atomic E-state index is 5.36. The standard InChI is InChI=1S/C15H13NO3/c1-17-12-3-4-13-11(7-12)8-14(16-15(13)18-2)10-5-6-19-9-10/h3-9H,1-2H3. The Hall–Kier alpha value is -2.49. The lowest BCUT2D eigenvalue weighted by atomic mass is 10.1. The van der Waals surface area contributed by atoms with Crippen molar-refractivity contribution in [3.8, 4) is 22.9 Å². The van der Waals surface area contributed by atoms with Gasteiger partial charge in [-0.2, -0.15) is 0 Å². The molecule has 0 saturated carbocycles. The van der Waals surface area contributed by atoms with Crippen molar-refractivity contribution >= 4 is 10.8 Å². The highest BCUT2D eigenvalue weighted by molar-refractivity contribution is 5.91. The Bertz CT molecular complexity index is 705. The first-order valence-corrected chi connectivity index (χ1v) is 5.87. The first-order valence-electron chi connectivity index (χ1n) is 5.87. The lowest BCUT2D eigenvalue weighted by molar-refractivity contribution is 0.403. The topological polar surface area (TPSA) is 44.5 Å². The van der Waals surface area contributed by atoms with Crippen LogP contribution < -0.4 is 9.47 Å². The van der Waals surface area contributed by atoms with Crippen molar-refractivity contribution in [2.24, 2.45) is 0 Å². The quantitative estimate of drug-likeness (QED) is 0.718. The summed E-state index contributed by atoms with van der Waals surface area (Å²) >= 11 is 0. The Balaban J connectivity index is 2.25. The number of rotatable bonds is 3. The van der Waals surface area contributed by atoms with Crippen molar-refractivity contribution in [3.05, 3.63) is 42.9 Å². The van der Waals surface area contributed by atoms with Crippen molar-refractivity contribution in [2.75, 3.05) is 14.2 Å². The predicted octanol–water partition coefficient (Wildman–Crippen LogP) is 3.51. The fourth-order valence-corrected chi connectivity index (χ4v) is 2.04. The minimum absolute atomic E-state index is 0.594. The van der Waals surface area contributed by atoms with E-state index in [1.54, 1.807) is 26.7 Å². The van der Waals surface area contributed by atoms with E-state index in [0.717, 1.165) is 27.8 Å². The molecule has 0 N–H and O–H groups in total. The summed E-state index contributed by atoms with van der Waals surface area (Å²) in [6.45, 7) is 0. The molecule has 19 heavy (non-hydrogen) atoms. The van der Waals surface area contributed by atoms with Crippen molar-refractivity contribution in [1.82, 2.24) is 4.98 Å². The molecule has 0 aliphatic carbocycles. The lowest BCUT2D eigenvalue weighted by Crippen LogP contribution is -1.92. The smallest absolute Gasteiger partial charge is 0.221 e. The number of aromatic nitrogens is 1. The van der Waals surface area contributed by atoms with Crippen LogP contribution in [-0.4, -0.2) is 19.2 Å². The van der Waals surface area contributed by atoms with Gasteiger partial charge in [-0.1, -0.05) is 0 Å². The van der Waals surface area contributed by atoms with Crippen LogP contribution in [0, 0.1) is 0 Å². The highest BCUT2D eigenvalue weighted by atomic mass is 16.5. The third kappa shape index (κ3) is 2.01. The van der Waals surface area contributed by atoms with Gasteiger partial charge in [-0.25, -0.2) is 4.98 Å². The van der Waals surface area contributed by atoms with Gasteiger partial charge in [0.1, 0.15) is 5.75 Å². The lowest BCUT2D eigenvalue weighted by Gasteiger charge is -2.08. The van der Waals surface area contributed by atoms with Gasteiger partial charge in [0.2, 0.25) is 5.88 Å². The molecule has 0 saturated heterocycles. The molecule has 4 heteroatoms. The van der Waals surface area contributed by atoms with Gasteiger partial charge in [-0.3, -0.25) is 0 Å². The maximum Gasteiger partial charge on any atom is 0.221 e. The summed E-state index contributed by atoms with van der Waals surface area (Å²) in [6, 6.07) is 9.66. The van der Waals surface area contributed by atoms with E-state index in [-0.39, 0.29) is 0 Å². The molecule has 0 bridgehead atoms.